The van der Waals surface area contributed by atoms with E-state index in [2.05, 4.69) is 20.3 Å². The fraction of sp³-hybridized carbons (Fsp3) is 0.118. The number of nitrogens with zero attached hydrogens (tertiary/aromatic N) is 3. The molecular formula is C17H16N4O2. The van der Waals surface area contributed by atoms with Gasteiger partial charge in [0.1, 0.15) is 17.9 Å². The van der Waals surface area contributed by atoms with Gasteiger partial charge in [-0.2, -0.15) is 0 Å². The second-order valence-electron chi connectivity index (χ2n) is 4.70. The molecule has 0 saturated heterocycles. The summed E-state index contributed by atoms with van der Waals surface area (Å²) < 4.78 is 10.4. The summed E-state index contributed by atoms with van der Waals surface area (Å²) in [5, 5.41) is 3.19. The highest BCUT2D eigenvalue weighted by atomic mass is 16.5. The fourth-order valence-corrected chi connectivity index (χ4v) is 2.15. The molecule has 6 nitrogen and oxygen atoms in total. The van der Waals surface area contributed by atoms with Crippen LogP contribution >= 0.6 is 0 Å². The van der Waals surface area contributed by atoms with Gasteiger partial charge in [0.05, 0.1) is 31.8 Å². The Labute approximate surface area is 134 Å². The summed E-state index contributed by atoms with van der Waals surface area (Å²) in [6.45, 7) is 0. The third-order valence-electron chi connectivity index (χ3n) is 3.27. The molecule has 0 unspecified atom stereocenters. The van der Waals surface area contributed by atoms with Gasteiger partial charge in [0.2, 0.25) is 5.88 Å². The number of para-hydroxylation sites is 1. The van der Waals surface area contributed by atoms with Crippen molar-refractivity contribution in [3.05, 3.63) is 55.0 Å². The first-order chi connectivity index (χ1) is 11.3. The molecule has 0 aliphatic heterocycles. The Bertz CT molecular complexity index is 791. The quantitative estimate of drug-likeness (QED) is 0.780. The molecule has 0 spiro atoms. The van der Waals surface area contributed by atoms with Crippen LogP contribution < -0.4 is 14.8 Å². The average Bonchev–Trinajstić information content (AvgIpc) is 2.62. The SMILES string of the molecule is COc1ccc(Nc2cc(-c3ccccc3OC)ncn2)cn1. The van der Waals surface area contributed by atoms with Gasteiger partial charge in [0.25, 0.3) is 0 Å². The van der Waals surface area contributed by atoms with Crippen molar-refractivity contribution in [1.82, 2.24) is 15.0 Å². The van der Waals surface area contributed by atoms with Gasteiger partial charge in [-0.05, 0) is 18.2 Å². The number of nitrogens with one attached hydrogen (secondary N) is 1. The first-order valence-corrected chi connectivity index (χ1v) is 7.02. The van der Waals surface area contributed by atoms with Gasteiger partial charge in [-0.25, -0.2) is 15.0 Å². The summed E-state index contributed by atoms with van der Waals surface area (Å²) in [6, 6.07) is 13.2. The van der Waals surface area contributed by atoms with Crippen LogP contribution in [-0.2, 0) is 0 Å². The minimum atomic E-state index is 0.563. The predicted molar refractivity (Wildman–Crippen MR) is 88.1 cm³/mol. The Morgan fingerprint density at radius 3 is 2.52 bits per heavy atom. The standard InChI is InChI=1S/C17H16N4O2/c1-22-15-6-4-3-5-13(15)14-9-16(20-11-19-14)21-12-7-8-17(23-2)18-10-12/h3-11H,1-2H3,(H,19,20,21). The topological polar surface area (TPSA) is 69.2 Å². The van der Waals surface area contributed by atoms with Gasteiger partial charge in [-0.1, -0.05) is 12.1 Å². The van der Waals surface area contributed by atoms with E-state index in [1.54, 1.807) is 26.5 Å². The third kappa shape index (κ3) is 3.37. The van der Waals surface area contributed by atoms with Crippen LogP contribution in [0.25, 0.3) is 11.3 Å². The van der Waals surface area contributed by atoms with E-state index in [-0.39, 0.29) is 0 Å². The number of hydrogen-bond donors (Lipinski definition) is 1. The van der Waals surface area contributed by atoms with Gasteiger partial charge in [0, 0.05) is 17.7 Å². The molecule has 3 aromatic rings. The Balaban J connectivity index is 1.87. The summed E-state index contributed by atoms with van der Waals surface area (Å²) in [5.41, 5.74) is 2.50. The van der Waals surface area contributed by atoms with Crippen LogP contribution in [0.15, 0.2) is 55.0 Å². The predicted octanol–water partition coefficient (Wildman–Crippen LogP) is 3.30. The van der Waals surface area contributed by atoms with Gasteiger partial charge < -0.3 is 14.8 Å². The fourth-order valence-electron chi connectivity index (χ4n) is 2.15. The number of aromatic nitrogens is 3. The molecule has 3 rings (SSSR count). The van der Waals surface area contributed by atoms with Crippen molar-refractivity contribution in [2.75, 3.05) is 19.5 Å². The maximum Gasteiger partial charge on any atom is 0.213 e. The summed E-state index contributed by atoms with van der Waals surface area (Å²) in [7, 11) is 3.22. The van der Waals surface area contributed by atoms with Crippen molar-refractivity contribution in [3.63, 3.8) is 0 Å². The summed E-state index contributed by atoms with van der Waals surface area (Å²) >= 11 is 0. The number of ether oxygens (including phenoxy) is 2. The van der Waals surface area contributed by atoms with Crippen molar-refractivity contribution in [3.8, 4) is 22.9 Å². The van der Waals surface area contributed by atoms with Crippen molar-refractivity contribution < 1.29 is 9.47 Å². The Hall–Kier alpha value is -3.15. The van der Waals surface area contributed by atoms with E-state index in [1.807, 2.05) is 36.4 Å². The van der Waals surface area contributed by atoms with E-state index in [0.717, 1.165) is 22.7 Å². The largest absolute Gasteiger partial charge is 0.496 e. The zero-order valence-electron chi connectivity index (χ0n) is 12.9. The monoisotopic (exact) mass is 308 g/mol. The Morgan fingerprint density at radius 1 is 0.913 bits per heavy atom. The molecule has 0 aliphatic carbocycles. The van der Waals surface area contributed by atoms with Crippen LogP contribution in [0.2, 0.25) is 0 Å². The average molecular weight is 308 g/mol. The van der Waals surface area contributed by atoms with Crippen LogP contribution in [-0.4, -0.2) is 29.2 Å². The lowest BCUT2D eigenvalue weighted by Gasteiger charge is -2.09. The maximum absolute atomic E-state index is 5.38. The minimum Gasteiger partial charge on any atom is -0.496 e. The molecule has 0 amide bonds. The molecule has 0 aliphatic rings. The molecular weight excluding hydrogens is 292 g/mol. The molecule has 0 bridgehead atoms. The van der Waals surface area contributed by atoms with Crippen LogP contribution in [0.4, 0.5) is 11.5 Å². The van der Waals surface area contributed by atoms with Crippen molar-refractivity contribution in [2.24, 2.45) is 0 Å². The molecule has 6 heteroatoms. The zero-order chi connectivity index (χ0) is 16.1. The number of hydrogen-bond acceptors (Lipinski definition) is 6. The Morgan fingerprint density at radius 2 is 1.78 bits per heavy atom. The number of pyridine rings is 1. The van der Waals surface area contributed by atoms with E-state index in [4.69, 9.17) is 9.47 Å². The molecule has 1 N–H and O–H groups in total. The summed E-state index contributed by atoms with van der Waals surface area (Å²) in [5.74, 6) is 2.00. The molecule has 23 heavy (non-hydrogen) atoms. The van der Waals surface area contributed by atoms with E-state index < -0.39 is 0 Å². The highest BCUT2D eigenvalue weighted by Crippen LogP contribution is 2.29. The lowest BCUT2D eigenvalue weighted by Crippen LogP contribution is -1.97. The van der Waals surface area contributed by atoms with Gasteiger partial charge >= 0.3 is 0 Å². The molecule has 2 heterocycles. The number of methoxy groups -OCH3 is 2. The molecule has 0 saturated carbocycles. The highest BCUT2D eigenvalue weighted by molar-refractivity contribution is 5.70. The van der Waals surface area contributed by atoms with Crippen molar-refractivity contribution in [2.45, 2.75) is 0 Å². The highest BCUT2D eigenvalue weighted by Gasteiger charge is 2.08. The normalized spacial score (nSPS) is 10.2. The lowest BCUT2D eigenvalue weighted by molar-refractivity contribution is 0.398. The number of anilines is 2. The number of benzene rings is 1. The zero-order valence-corrected chi connectivity index (χ0v) is 12.9. The van der Waals surface area contributed by atoms with Crippen LogP contribution in [0, 0.1) is 0 Å². The van der Waals surface area contributed by atoms with E-state index >= 15 is 0 Å². The van der Waals surface area contributed by atoms with E-state index in [9.17, 15) is 0 Å². The summed E-state index contributed by atoms with van der Waals surface area (Å²) in [4.78, 5) is 12.7. The van der Waals surface area contributed by atoms with Crippen LogP contribution in [0.3, 0.4) is 0 Å². The molecule has 116 valence electrons. The smallest absolute Gasteiger partial charge is 0.213 e. The molecule has 0 radical (unpaired) electrons. The molecule has 0 fully saturated rings. The van der Waals surface area contributed by atoms with Crippen LogP contribution in [0.1, 0.15) is 0 Å². The third-order valence-corrected chi connectivity index (χ3v) is 3.27. The second kappa shape index (κ2) is 6.74. The second-order valence-corrected chi connectivity index (χ2v) is 4.70. The molecule has 1 aromatic carbocycles. The van der Waals surface area contributed by atoms with Gasteiger partial charge in [0.15, 0.2) is 0 Å². The van der Waals surface area contributed by atoms with Crippen molar-refractivity contribution >= 4 is 11.5 Å². The van der Waals surface area contributed by atoms with Crippen LogP contribution in [0.5, 0.6) is 11.6 Å². The lowest BCUT2D eigenvalue weighted by atomic mass is 10.1. The van der Waals surface area contributed by atoms with E-state index in [0.29, 0.717) is 11.7 Å². The van der Waals surface area contributed by atoms with Gasteiger partial charge in [-0.3, -0.25) is 0 Å². The van der Waals surface area contributed by atoms with E-state index in [1.165, 1.54) is 6.33 Å². The summed E-state index contributed by atoms with van der Waals surface area (Å²) in [6.07, 6.45) is 3.20. The van der Waals surface area contributed by atoms with Gasteiger partial charge in [-0.15, -0.1) is 0 Å². The Kier molecular flexibility index (Phi) is 4.33. The molecule has 0 atom stereocenters. The van der Waals surface area contributed by atoms with Crippen molar-refractivity contribution in [1.29, 1.82) is 0 Å². The first-order valence-electron chi connectivity index (χ1n) is 7.02. The number of rotatable bonds is 5. The maximum atomic E-state index is 5.38. The minimum absolute atomic E-state index is 0.563. The molecule has 2 aromatic heterocycles. The first kappa shape index (κ1) is 14.8.